The highest BCUT2D eigenvalue weighted by Gasteiger charge is 2.34. The zero-order valence-corrected chi connectivity index (χ0v) is 14.7. The number of hydrogen-bond donors (Lipinski definition) is 1. The monoisotopic (exact) mass is 362 g/mol. The van der Waals surface area contributed by atoms with Crippen LogP contribution in [0.25, 0.3) is 0 Å². The summed E-state index contributed by atoms with van der Waals surface area (Å²) in [7, 11) is -3.58. The quantitative estimate of drug-likeness (QED) is 0.856. The summed E-state index contributed by atoms with van der Waals surface area (Å²) in [6.07, 6.45) is 4.15. The Hall–Kier alpha value is -2.12. The van der Waals surface area contributed by atoms with E-state index < -0.39 is 10.0 Å². The van der Waals surface area contributed by atoms with Crippen LogP contribution in [0.15, 0.2) is 58.0 Å². The summed E-state index contributed by atoms with van der Waals surface area (Å²) in [5, 5.41) is 2.79. The van der Waals surface area contributed by atoms with Crippen LogP contribution < -0.4 is 5.32 Å². The van der Waals surface area contributed by atoms with E-state index in [4.69, 9.17) is 4.42 Å². The molecular formula is C18H22N2O4S. The van der Waals surface area contributed by atoms with E-state index in [2.05, 4.69) is 5.32 Å². The fourth-order valence-electron chi connectivity index (χ4n) is 3.11. The highest BCUT2D eigenvalue weighted by Crippen LogP contribution is 2.27. The molecule has 6 nitrogen and oxygen atoms in total. The third-order valence-corrected chi connectivity index (χ3v) is 6.35. The average Bonchev–Trinajstić information content (AvgIpc) is 3.15. The first-order chi connectivity index (χ1) is 12.1. The molecule has 1 aromatic heterocycles. The number of nitrogens with one attached hydrogen (secondary N) is 1. The van der Waals surface area contributed by atoms with E-state index >= 15 is 0 Å². The van der Waals surface area contributed by atoms with Gasteiger partial charge in [-0.15, -0.1) is 0 Å². The van der Waals surface area contributed by atoms with Gasteiger partial charge in [0.15, 0.2) is 0 Å². The number of benzene rings is 1. The van der Waals surface area contributed by atoms with Crippen LogP contribution in [0.1, 0.15) is 31.4 Å². The lowest BCUT2D eigenvalue weighted by atomic mass is 10.0. The highest BCUT2D eigenvalue weighted by molar-refractivity contribution is 7.89. The van der Waals surface area contributed by atoms with Crippen molar-refractivity contribution in [2.45, 2.75) is 43.2 Å². The molecule has 7 heteroatoms. The number of piperidine rings is 1. The number of carbonyl (C=O) groups is 1. The van der Waals surface area contributed by atoms with Crippen molar-refractivity contribution in [1.29, 1.82) is 0 Å². The minimum Gasteiger partial charge on any atom is -0.467 e. The van der Waals surface area contributed by atoms with Crippen LogP contribution in [0.4, 0.5) is 0 Å². The minimum absolute atomic E-state index is 0.159. The molecule has 0 spiro atoms. The summed E-state index contributed by atoms with van der Waals surface area (Å²) in [5.41, 5.74) is 0. The van der Waals surface area contributed by atoms with Gasteiger partial charge in [-0.1, -0.05) is 24.6 Å². The SMILES string of the molecule is O=C(C[C@@H]1CCCCN1S(=O)(=O)c1ccccc1)NCc1ccco1. The fraction of sp³-hybridized carbons (Fsp3) is 0.389. The van der Waals surface area contributed by atoms with Crippen molar-refractivity contribution in [3.8, 4) is 0 Å². The van der Waals surface area contributed by atoms with E-state index in [0.29, 0.717) is 25.3 Å². The molecule has 2 aromatic rings. The molecule has 0 unspecified atom stereocenters. The van der Waals surface area contributed by atoms with Gasteiger partial charge in [-0.25, -0.2) is 8.42 Å². The van der Waals surface area contributed by atoms with Crippen molar-refractivity contribution < 1.29 is 17.6 Å². The maximum Gasteiger partial charge on any atom is 0.243 e. The molecule has 1 N–H and O–H groups in total. The van der Waals surface area contributed by atoms with E-state index in [9.17, 15) is 13.2 Å². The molecule has 0 aliphatic carbocycles. The molecule has 0 radical (unpaired) electrons. The highest BCUT2D eigenvalue weighted by atomic mass is 32.2. The van der Waals surface area contributed by atoms with Crippen molar-refractivity contribution in [2.75, 3.05) is 6.54 Å². The molecule has 0 bridgehead atoms. The molecule has 3 rings (SSSR count). The summed E-state index contributed by atoms with van der Waals surface area (Å²) in [4.78, 5) is 12.5. The Morgan fingerprint density at radius 2 is 1.96 bits per heavy atom. The van der Waals surface area contributed by atoms with Gasteiger partial charge in [0.05, 0.1) is 17.7 Å². The van der Waals surface area contributed by atoms with E-state index in [1.54, 1.807) is 48.7 Å². The third kappa shape index (κ3) is 4.29. The van der Waals surface area contributed by atoms with E-state index in [1.807, 2.05) is 0 Å². The molecule has 1 atom stereocenters. The lowest BCUT2D eigenvalue weighted by molar-refractivity contribution is -0.122. The van der Waals surface area contributed by atoms with Crippen molar-refractivity contribution in [1.82, 2.24) is 9.62 Å². The Morgan fingerprint density at radius 3 is 2.68 bits per heavy atom. The Bertz CT molecular complexity index is 788. The molecule has 1 fully saturated rings. The van der Waals surface area contributed by atoms with Gasteiger partial charge < -0.3 is 9.73 Å². The smallest absolute Gasteiger partial charge is 0.243 e. The molecule has 25 heavy (non-hydrogen) atoms. The van der Waals surface area contributed by atoms with E-state index in [-0.39, 0.29) is 23.3 Å². The molecule has 1 aromatic carbocycles. The third-order valence-electron chi connectivity index (χ3n) is 4.38. The van der Waals surface area contributed by atoms with Crippen molar-refractivity contribution in [2.24, 2.45) is 0 Å². The number of amides is 1. The van der Waals surface area contributed by atoms with Gasteiger partial charge in [0.25, 0.3) is 0 Å². The number of sulfonamides is 1. The Morgan fingerprint density at radius 1 is 1.16 bits per heavy atom. The van der Waals surface area contributed by atoms with Crippen LogP contribution in [0, 0.1) is 0 Å². The summed E-state index contributed by atoms with van der Waals surface area (Å²) >= 11 is 0. The first kappa shape index (κ1) is 17.7. The maximum atomic E-state index is 12.9. The molecule has 1 saturated heterocycles. The van der Waals surface area contributed by atoms with Gasteiger partial charge in [-0.3, -0.25) is 4.79 Å². The van der Waals surface area contributed by atoms with Crippen LogP contribution in [-0.4, -0.2) is 31.2 Å². The second-order valence-corrected chi connectivity index (χ2v) is 8.03. The number of hydrogen-bond acceptors (Lipinski definition) is 4. The molecule has 134 valence electrons. The summed E-state index contributed by atoms with van der Waals surface area (Å²) in [6.45, 7) is 0.761. The maximum absolute atomic E-state index is 12.9. The van der Waals surface area contributed by atoms with Crippen molar-refractivity contribution >= 4 is 15.9 Å². The van der Waals surface area contributed by atoms with Gasteiger partial charge in [0, 0.05) is 19.0 Å². The second kappa shape index (κ2) is 7.84. The molecule has 1 aliphatic heterocycles. The summed E-state index contributed by atoms with van der Waals surface area (Å²) in [5.74, 6) is 0.502. The largest absolute Gasteiger partial charge is 0.467 e. The lowest BCUT2D eigenvalue weighted by Gasteiger charge is -2.34. The molecule has 1 aliphatic rings. The summed E-state index contributed by atoms with van der Waals surface area (Å²) in [6, 6.07) is 11.6. The van der Waals surface area contributed by atoms with Crippen molar-refractivity contribution in [3.05, 3.63) is 54.5 Å². The number of carbonyl (C=O) groups excluding carboxylic acids is 1. The second-order valence-electron chi connectivity index (χ2n) is 6.14. The predicted octanol–water partition coefficient (Wildman–Crippen LogP) is 2.53. The van der Waals surface area contributed by atoms with Gasteiger partial charge in [-0.2, -0.15) is 4.31 Å². The number of furan rings is 1. The standard InChI is InChI=1S/C18H22N2O4S/c21-18(19-14-16-8-6-12-24-16)13-15-7-4-5-11-20(15)25(22,23)17-9-2-1-3-10-17/h1-3,6,8-10,12,15H,4-5,7,11,13-14H2,(H,19,21)/t15-/m0/s1. The first-order valence-electron chi connectivity index (χ1n) is 8.43. The van der Waals surface area contributed by atoms with Gasteiger partial charge in [-0.05, 0) is 37.1 Å². The lowest BCUT2D eigenvalue weighted by Crippen LogP contribution is -2.45. The zero-order valence-electron chi connectivity index (χ0n) is 13.9. The van der Waals surface area contributed by atoms with Gasteiger partial charge >= 0.3 is 0 Å². The molecule has 1 amide bonds. The predicted molar refractivity (Wildman–Crippen MR) is 93.1 cm³/mol. The van der Waals surface area contributed by atoms with Crippen LogP contribution in [0.2, 0.25) is 0 Å². The average molecular weight is 362 g/mol. The fourth-order valence-corrected chi connectivity index (χ4v) is 4.82. The van der Waals surface area contributed by atoms with Crippen molar-refractivity contribution in [3.63, 3.8) is 0 Å². The van der Waals surface area contributed by atoms with E-state index in [0.717, 1.165) is 12.8 Å². The Labute approximate surface area is 147 Å². The van der Waals surface area contributed by atoms with E-state index in [1.165, 1.54) is 4.31 Å². The minimum atomic E-state index is -3.58. The normalized spacial score (nSPS) is 18.8. The molecule has 0 saturated carbocycles. The zero-order chi connectivity index (χ0) is 17.7. The van der Waals surface area contributed by atoms with Crippen LogP contribution in [0.3, 0.4) is 0 Å². The summed E-state index contributed by atoms with van der Waals surface area (Å²) < 4.78 is 32.5. The van der Waals surface area contributed by atoms with Crippen LogP contribution in [-0.2, 0) is 21.4 Å². The Kier molecular flexibility index (Phi) is 5.55. The topological polar surface area (TPSA) is 79.6 Å². The van der Waals surface area contributed by atoms with Crippen LogP contribution in [0.5, 0.6) is 0 Å². The molecular weight excluding hydrogens is 340 g/mol. The first-order valence-corrected chi connectivity index (χ1v) is 9.87. The van der Waals surface area contributed by atoms with Gasteiger partial charge in [0.2, 0.25) is 15.9 Å². The Balaban J connectivity index is 1.67. The van der Waals surface area contributed by atoms with Gasteiger partial charge in [0.1, 0.15) is 5.76 Å². The number of rotatable bonds is 6. The molecule has 2 heterocycles. The van der Waals surface area contributed by atoms with Crippen LogP contribution >= 0.6 is 0 Å². The number of nitrogens with zero attached hydrogens (tertiary/aromatic N) is 1.